The number of nitriles is 1. The van der Waals surface area contributed by atoms with Crippen LogP contribution in [0.2, 0.25) is 0 Å². The van der Waals surface area contributed by atoms with Crippen molar-refractivity contribution in [1.82, 2.24) is 9.80 Å². The minimum Gasteiger partial charge on any atom is -0.391 e. The topological polar surface area (TPSA) is 50.5 Å². The normalized spacial score (nSPS) is 21.1. The van der Waals surface area contributed by atoms with Gasteiger partial charge in [0.25, 0.3) is 0 Å². The molecule has 0 aliphatic carbocycles. The van der Waals surface area contributed by atoms with Gasteiger partial charge in [-0.3, -0.25) is 9.80 Å². The molecule has 1 fully saturated rings. The van der Waals surface area contributed by atoms with Crippen LogP contribution in [-0.2, 0) is 0 Å². The lowest BCUT2D eigenvalue weighted by Crippen LogP contribution is -2.50. The molecule has 4 heteroatoms. The molecule has 1 aliphatic heterocycles. The highest BCUT2D eigenvalue weighted by Crippen LogP contribution is 2.20. The summed E-state index contributed by atoms with van der Waals surface area (Å²) in [6.07, 6.45) is 0.345. The summed E-state index contributed by atoms with van der Waals surface area (Å²) >= 11 is 0. The third kappa shape index (κ3) is 5.03. The van der Waals surface area contributed by atoms with Crippen molar-refractivity contribution in [3.63, 3.8) is 0 Å². The van der Waals surface area contributed by atoms with Crippen LogP contribution in [0, 0.1) is 16.7 Å². The molecule has 1 rings (SSSR count). The van der Waals surface area contributed by atoms with Crippen molar-refractivity contribution in [2.75, 3.05) is 39.3 Å². The first-order valence-corrected chi connectivity index (χ1v) is 6.43. The maximum absolute atomic E-state index is 10.0. The minimum atomic E-state index is -0.270. The first-order chi connectivity index (χ1) is 7.93. The summed E-state index contributed by atoms with van der Waals surface area (Å²) in [6.45, 7) is 11.9. The molecular formula is C13H25N3O. The monoisotopic (exact) mass is 239 g/mol. The fourth-order valence-corrected chi connectivity index (χ4v) is 1.92. The molecule has 98 valence electrons. The van der Waals surface area contributed by atoms with Crippen molar-refractivity contribution >= 4 is 0 Å². The van der Waals surface area contributed by atoms with Gasteiger partial charge in [0.1, 0.15) is 0 Å². The Labute approximate surface area is 105 Å². The zero-order chi connectivity index (χ0) is 12.9. The third-order valence-electron chi connectivity index (χ3n) is 3.44. The van der Waals surface area contributed by atoms with E-state index in [0.717, 1.165) is 39.3 Å². The van der Waals surface area contributed by atoms with E-state index in [-0.39, 0.29) is 11.5 Å². The highest BCUT2D eigenvalue weighted by molar-refractivity contribution is 4.81. The molecule has 1 atom stereocenters. The molecule has 0 radical (unpaired) electrons. The number of β-amino-alcohol motifs (C(OH)–C–C–N with tert-alkyl or cyclic N) is 1. The van der Waals surface area contributed by atoms with E-state index < -0.39 is 0 Å². The van der Waals surface area contributed by atoms with Crippen molar-refractivity contribution in [3.05, 3.63) is 0 Å². The van der Waals surface area contributed by atoms with Crippen molar-refractivity contribution < 1.29 is 5.11 Å². The van der Waals surface area contributed by atoms with Crippen LogP contribution in [0.1, 0.15) is 27.2 Å². The highest BCUT2D eigenvalue weighted by Gasteiger charge is 2.26. The Kier molecular flexibility index (Phi) is 5.38. The third-order valence-corrected chi connectivity index (χ3v) is 3.44. The Morgan fingerprint density at radius 1 is 1.18 bits per heavy atom. The predicted molar refractivity (Wildman–Crippen MR) is 68.6 cm³/mol. The molecule has 1 heterocycles. The van der Waals surface area contributed by atoms with Crippen LogP contribution in [0.15, 0.2) is 0 Å². The molecule has 4 nitrogen and oxygen atoms in total. The van der Waals surface area contributed by atoms with Crippen LogP contribution >= 0.6 is 0 Å². The van der Waals surface area contributed by atoms with E-state index in [2.05, 4.69) is 36.6 Å². The summed E-state index contributed by atoms with van der Waals surface area (Å²) in [4.78, 5) is 4.64. The van der Waals surface area contributed by atoms with Crippen LogP contribution in [0.3, 0.4) is 0 Å². The molecule has 1 saturated heterocycles. The number of hydrogen-bond donors (Lipinski definition) is 1. The van der Waals surface area contributed by atoms with Gasteiger partial charge in [-0.2, -0.15) is 5.26 Å². The van der Waals surface area contributed by atoms with Gasteiger partial charge >= 0.3 is 0 Å². The molecule has 17 heavy (non-hydrogen) atoms. The quantitative estimate of drug-likeness (QED) is 0.793. The maximum Gasteiger partial charge on any atom is 0.0715 e. The molecule has 0 amide bonds. The smallest absolute Gasteiger partial charge is 0.0715 e. The van der Waals surface area contributed by atoms with Gasteiger partial charge in [-0.15, -0.1) is 0 Å². The largest absolute Gasteiger partial charge is 0.391 e. The summed E-state index contributed by atoms with van der Waals surface area (Å²) in [5.74, 6) is 0. The number of piperazine rings is 1. The standard InChI is InChI=1S/C13H25N3O/c1-13(2,3)12(17)11-16-9-7-15(8-10-16)6-4-5-14/h12,17H,4,6-11H2,1-3H3/t12-/m1/s1. The Balaban J connectivity index is 2.26. The minimum absolute atomic E-state index is 0.0437. The van der Waals surface area contributed by atoms with Crippen molar-refractivity contribution in [2.45, 2.75) is 33.3 Å². The summed E-state index contributed by atoms with van der Waals surface area (Å²) in [6, 6.07) is 2.18. The van der Waals surface area contributed by atoms with Gasteiger partial charge in [-0.1, -0.05) is 20.8 Å². The second-order valence-electron chi connectivity index (χ2n) is 5.93. The fourth-order valence-electron chi connectivity index (χ4n) is 1.92. The molecule has 0 aromatic carbocycles. The zero-order valence-corrected chi connectivity index (χ0v) is 11.3. The van der Waals surface area contributed by atoms with Crippen LogP contribution in [-0.4, -0.2) is 60.3 Å². The van der Waals surface area contributed by atoms with E-state index in [1.807, 2.05) is 0 Å². The molecule has 1 N–H and O–H groups in total. The van der Waals surface area contributed by atoms with E-state index in [9.17, 15) is 5.11 Å². The second-order valence-corrected chi connectivity index (χ2v) is 5.93. The average Bonchev–Trinajstić information content (AvgIpc) is 2.27. The van der Waals surface area contributed by atoms with Gasteiger partial charge in [0.05, 0.1) is 12.2 Å². The second kappa shape index (κ2) is 6.34. The van der Waals surface area contributed by atoms with Crippen LogP contribution < -0.4 is 0 Å². The SMILES string of the molecule is CC(C)(C)[C@H](O)CN1CCN(CCC#N)CC1. The summed E-state index contributed by atoms with van der Waals surface area (Å²) in [7, 11) is 0. The Bertz CT molecular complexity index is 259. The number of nitrogens with zero attached hydrogens (tertiary/aromatic N) is 3. The van der Waals surface area contributed by atoms with E-state index in [1.165, 1.54) is 0 Å². The van der Waals surface area contributed by atoms with Gasteiger partial charge in [0.15, 0.2) is 0 Å². The zero-order valence-electron chi connectivity index (χ0n) is 11.3. The Morgan fingerprint density at radius 2 is 1.71 bits per heavy atom. The summed E-state index contributed by atoms with van der Waals surface area (Å²) in [5.41, 5.74) is -0.0437. The summed E-state index contributed by atoms with van der Waals surface area (Å²) in [5, 5.41) is 18.6. The molecule has 1 aliphatic rings. The first kappa shape index (κ1) is 14.4. The maximum atomic E-state index is 10.0. The van der Waals surface area contributed by atoms with Crippen molar-refractivity contribution in [2.24, 2.45) is 5.41 Å². The molecule has 0 unspecified atom stereocenters. The van der Waals surface area contributed by atoms with Crippen molar-refractivity contribution in [1.29, 1.82) is 5.26 Å². The van der Waals surface area contributed by atoms with Gasteiger partial charge in [-0.25, -0.2) is 0 Å². The molecule has 0 saturated carbocycles. The van der Waals surface area contributed by atoms with Crippen molar-refractivity contribution in [3.8, 4) is 6.07 Å². The lowest BCUT2D eigenvalue weighted by molar-refractivity contribution is 0.0137. The molecule has 0 aromatic heterocycles. The highest BCUT2D eigenvalue weighted by atomic mass is 16.3. The van der Waals surface area contributed by atoms with Gasteiger partial charge in [0.2, 0.25) is 0 Å². The Hall–Kier alpha value is -0.630. The van der Waals surface area contributed by atoms with Crippen LogP contribution in [0.5, 0.6) is 0 Å². The molecule has 0 spiro atoms. The number of aliphatic hydroxyl groups excluding tert-OH is 1. The van der Waals surface area contributed by atoms with Gasteiger partial charge < -0.3 is 5.11 Å². The van der Waals surface area contributed by atoms with Crippen LogP contribution in [0.25, 0.3) is 0 Å². The lowest BCUT2D eigenvalue weighted by Gasteiger charge is -2.37. The van der Waals surface area contributed by atoms with Gasteiger partial charge in [-0.05, 0) is 5.41 Å². The van der Waals surface area contributed by atoms with E-state index in [0.29, 0.717) is 6.42 Å². The lowest BCUT2D eigenvalue weighted by atomic mass is 9.89. The molecule has 0 aromatic rings. The average molecular weight is 239 g/mol. The number of rotatable bonds is 4. The predicted octanol–water partition coefficient (Wildman–Crippen LogP) is 0.925. The fraction of sp³-hybridized carbons (Fsp3) is 0.923. The van der Waals surface area contributed by atoms with E-state index >= 15 is 0 Å². The van der Waals surface area contributed by atoms with E-state index in [1.54, 1.807) is 0 Å². The number of aliphatic hydroxyl groups is 1. The molecule has 0 bridgehead atoms. The first-order valence-electron chi connectivity index (χ1n) is 6.43. The van der Waals surface area contributed by atoms with Crippen LogP contribution in [0.4, 0.5) is 0 Å². The van der Waals surface area contributed by atoms with E-state index in [4.69, 9.17) is 5.26 Å². The Morgan fingerprint density at radius 3 is 2.18 bits per heavy atom. The molecular weight excluding hydrogens is 214 g/mol. The summed E-state index contributed by atoms with van der Waals surface area (Å²) < 4.78 is 0. The van der Waals surface area contributed by atoms with Gasteiger partial charge in [0, 0.05) is 45.7 Å². The number of hydrogen-bond acceptors (Lipinski definition) is 4.